The molecule has 0 bridgehead atoms. The highest BCUT2D eigenvalue weighted by atomic mass is 16.5. The van der Waals surface area contributed by atoms with Crippen LogP contribution in [0.15, 0.2) is 12.3 Å². The van der Waals surface area contributed by atoms with Crippen molar-refractivity contribution in [3.8, 4) is 5.88 Å². The second-order valence-corrected chi connectivity index (χ2v) is 6.91. The summed E-state index contributed by atoms with van der Waals surface area (Å²) in [5.41, 5.74) is 3.84. The van der Waals surface area contributed by atoms with Crippen molar-refractivity contribution in [2.24, 2.45) is 11.3 Å². The van der Waals surface area contributed by atoms with Crippen molar-refractivity contribution >= 4 is 24.0 Å². The fraction of sp³-hybridized carbons (Fsp3) is 0.556. The van der Waals surface area contributed by atoms with Crippen LogP contribution in [0.5, 0.6) is 5.88 Å². The lowest BCUT2D eigenvalue weighted by Gasteiger charge is -2.19. The van der Waals surface area contributed by atoms with Gasteiger partial charge < -0.3 is 9.47 Å². The van der Waals surface area contributed by atoms with E-state index in [-0.39, 0.29) is 29.9 Å². The van der Waals surface area contributed by atoms with E-state index in [0.29, 0.717) is 6.61 Å². The Labute approximate surface area is 159 Å². The quantitative estimate of drug-likeness (QED) is 0.525. The molecule has 1 aromatic heterocycles. The third-order valence-electron chi connectivity index (χ3n) is 3.37. The second-order valence-electron chi connectivity index (χ2n) is 6.91. The Morgan fingerprint density at radius 3 is 2.52 bits per heavy atom. The molecular formula is C18H28N4O5. The van der Waals surface area contributed by atoms with Crippen LogP contribution in [0, 0.1) is 11.3 Å². The molecular weight excluding hydrogens is 352 g/mol. The molecule has 0 fully saturated rings. The Morgan fingerprint density at radius 2 is 1.96 bits per heavy atom. The molecule has 0 aliphatic rings. The number of hydrogen-bond donors (Lipinski definition) is 2. The zero-order valence-electron chi connectivity index (χ0n) is 16.7. The first-order valence-corrected chi connectivity index (χ1v) is 8.72. The first kappa shape index (κ1) is 22.2. The zero-order chi connectivity index (χ0) is 20.6. The summed E-state index contributed by atoms with van der Waals surface area (Å²) in [4.78, 5) is 35.2. The average Bonchev–Trinajstić information content (AvgIpc) is 2.99. The number of hydrogen-bond acceptors (Lipinski definition) is 6. The molecule has 1 aromatic rings. The molecule has 2 N–H and O–H groups in total. The van der Waals surface area contributed by atoms with E-state index in [9.17, 15) is 14.4 Å². The van der Waals surface area contributed by atoms with Gasteiger partial charge in [-0.3, -0.25) is 20.4 Å². The Balaban J connectivity index is 3.06. The van der Waals surface area contributed by atoms with Crippen LogP contribution in [0.3, 0.4) is 0 Å². The number of ether oxygens (including phenoxy) is 2. The maximum atomic E-state index is 12.2. The fourth-order valence-electron chi connectivity index (χ4n) is 1.83. The van der Waals surface area contributed by atoms with E-state index in [2.05, 4.69) is 16.0 Å². The summed E-state index contributed by atoms with van der Waals surface area (Å²) in [6.45, 7) is 10.9. The van der Waals surface area contributed by atoms with Gasteiger partial charge in [-0.25, -0.2) is 9.48 Å². The molecule has 27 heavy (non-hydrogen) atoms. The summed E-state index contributed by atoms with van der Waals surface area (Å²) in [6, 6.07) is 0. The molecule has 0 aromatic carbocycles. The summed E-state index contributed by atoms with van der Waals surface area (Å²) in [5, 5.41) is 4.14. The molecule has 9 nitrogen and oxygen atoms in total. The monoisotopic (exact) mass is 380 g/mol. The van der Waals surface area contributed by atoms with Gasteiger partial charge in [-0.15, -0.1) is 0 Å². The van der Waals surface area contributed by atoms with Crippen molar-refractivity contribution < 1.29 is 23.9 Å². The van der Waals surface area contributed by atoms with Gasteiger partial charge in [0.1, 0.15) is 5.56 Å². The van der Waals surface area contributed by atoms with Crippen LogP contribution < -0.4 is 15.6 Å². The van der Waals surface area contributed by atoms with E-state index < -0.39 is 17.3 Å². The topological polar surface area (TPSA) is 112 Å². The summed E-state index contributed by atoms with van der Waals surface area (Å²) in [5.74, 6) is -0.822. The lowest BCUT2D eigenvalue weighted by atomic mass is 9.93. The van der Waals surface area contributed by atoms with Crippen LogP contribution in [0.1, 0.15) is 51.9 Å². The summed E-state index contributed by atoms with van der Waals surface area (Å²) in [7, 11) is 0. The van der Waals surface area contributed by atoms with Gasteiger partial charge in [-0.05, 0) is 26.7 Å². The molecule has 0 saturated carbocycles. The maximum Gasteiger partial charge on any atom is 0.345 e. The van der Waals surface area contributed by atoms with Gasteiger partial charge >= 0.3 is 5.97 Å². The number of hydrazine groups is 1. The van der Waals surface area contributed by atoms with Crippen LogP contribution in [0.4, 0.5) is 0 Å². The van der Waals surface area contributed by atoms with Crippen LogP contribution in [0.2, 0.25) is 0 Å². The molecule has 1 rings (SSSR count). The molecule has 0 atom stereocenters. The van der Waals surface area contributed by atoms with Gasteiger partial charge in [-0.1, -0.05) is 19.9 Å². The van der Waals surface area contributed by atoms with E-state index >= 15 is 0 Å². The smallest absolute Gasteiger partial charge is 0.345 e. The Bertz CT molecular complexity index is 707. The fourth-order valence-corrected chi connectivity index (χ4v) is 1.83. The third-order valence-corrected chi connectivity index (χ3v) is 3.37. The predicted molar refractivity (Wildman–Crippen MR) is 99.6 cm³/mol. The first-order chi connectivity index (χ1) is 12.6. The van der Waals surface area contributed by atoms with Crippen LogP contribution in [-0.2, 0) is 14.3 Å². The molecule has 150 valence electrons. The number of rotatable bonds is 8. The zero-order valence-corrected chi connectivity index (χ0v) is 16.7. The molecule has 2 amide bonds. The standard InChI is InChI=1S/C18H28N4O5/c1-7-26-16(24)14-10-19-22(15(14)27-11-12(2)3)9-8-18(5,6)17(25)21-20-13(4)23/h8-10,12H,7,11H2,1-6H3,(H,20,23)(H,21,25). The third kappa shape index (κ3) is 6.76. The Kier molecular flexibility index (Phi) is 8.01. The van der Waals surface area contributed by atoms with Gasteiger partial charge in [0.05, 0.1) is 24.8 Å². The number of esters is 1. The lowest BCUT2D eigenvalue weighted by Crippen LogP contribution is -2.46. The first-order valence-electron chi connectivity index (χ1n) is 8.72. The molecule has 0 aliphatic carbocycles. The van der Waals surface area contributed by atoms with E-state index in [0.717, 1.165) is 0 Å². The van der Waals surface area contributed by atoms with Crippen LogP contribution in [0.25, 0.3) is 6.20 Å². The SMILES string of the molecule is CCOC(=O)c1cnn(C=CC(C)(C)C(=O)NNC(C)=O)c1OCC(C)C. The minimum Gasteiger partial charge on any atom is -0.477 e. The van der Waals surface area contributed by atoms with E-state index in [1.54, 1.807) is 26.8 Å². The molecule has 0 spiro atoms. The number of nitrogens with one attached hydrogen (secondary N) is 2. The lowest BCUT2D eigenvalue weighted by molar-refractivity contribution is -0.132. The van der Waals surface area contributed by atoms with Crippen molar-refractivity contribution in [2.75, 3.05) is 13.2 Å². The molecule has 0 unspecified atom stereocenters. The number of nitrogens with zero attached hydrogens (tertiary/aromatic N) is 2. The van der Waals surface area contributed by atoms with Gasteiger partial charge in [0.25, 0.3) is 0 Å². The van der Waals surface area contributed by atoms with Gasteiger partial charge in [0.2, 0.25) is 17.7 Å². The Morgan fingerprint density at radius 1 is 1.30 bits per heavy atom. The highest BCUT2D eigenvalue weighted by Crippen LogP contribution is 2.23. The maximum absolute atomic E-state index is 12.2. The van der Waals surface area contributed by atoms with E-state index in [4.69, 9.17) is 9.47 Å². The highest BCUT2D eigenvalue weighted by molar-refractivity contribution is 5.92. The van der Waals surface area contributed by atoms with Crippen molar-refractivity contribution in [1.29, 1.82) is 0 Å². The molecule has 0 aliphatic heterocycles. The molecule has 9 heteroatoms. The summed E-state index contributed by atoms with van der Waals surface area (Å²) < 4.78 is 12.1. The number of carbonyl (C=O) groups is 3. The van der Waals surface area contributed by atoms with Gasteiger partial charge in [0.15, 0.2) is 0 Å². The van der Waals surface area contributed by atoms with Crippen molar-refractivity contribution in [2.45, 2.75) is 41.5 Å². The van der Waals surface area contributed by atoms with Gasteiger partial charge in [0, 0.05) is 13.1 Å². The van der Waals surface area contributed by atoms with E-state index in [1.165, 1.54) is 24.0 Å². The minimum atomic E-state index is -0.951. The predicted octanol–water partition coefficient (Wildman–Crippen LogP) is 1.76. The summed E-state index contributed by atoms with van der Waals surface area (Å²) >= 11 is 0. The van der Waals surface area contributed by atoms with Crippen molar-refractivity contribution in [3.63, 3.8) is 0 Å². The van der Waals surface area contributed by atoms with Crippen LogP contribution in [-0.4, -0.2) is 40.8 Å². The highest BCUT2D eigenvalue weighted by Gasteiger charge is 2.26. The summed E-state index contributed by atoms with van der Waals surface area (Å²) in [6.07, 6.45) is 4.49. The second kappa shape index (κ2) is 9.75. The van der Waals surface area contributed by atoms with Crippen molar-refractivity contribution in [1.82, 2.24) is 20.6 Å². The van der Waals surface area contributed by atoms with E-state index in [1.807, 2.05) is 13.8 Å². The number of carbonyl (C=O) groups excluding carboxylic acids is 3. The average molecular weight is 380 g/mol. The molecule has 1 heterocycles. The normalized spacial score (nSPS) is 11.5. The minimum absolute atomic E-state index is 0.211. The number of amides is 2. The Hall–Kier alpha value is -2.84. The van der Waals surface area contributed by atoms with Crippen LogP contribution >= 0.6 is 0 Å². The van der Waals surface area contributed by atoms with Gasteiger partial charge in [-0.2, -0.15) is 5.10 Å². The number of aromatic nitrogens is 2. The molecule has 0 saturated heterocycles. The molecule has 0 radical (unpaired) electrons. The largest absolute Gasteiger partial charge is 0.477 e. The van der Waals surface area contributed by atoms with Crippen molar-refractivity contribution in [3.05, 3.63) is 17.8 Å².